The Bertz CT molecular complexity index is 787. The summed E-state index contributed by atoms with van der Waals surface area (Å²) in [7, 11) is 0. The molecule has 2 amide bonds. The van der Waals surface area contributed by atoms with E-state index in [0.29, 0.717) is 18.5 Å². The predicted octanol–water partition coefficient (Wildman–Crippen LogP) is 4.13. The molecule has 0 aromatic heterocycles. The van der Waals surface area contributed by atoms with Gasteiger partial charge in [-0.3, -0.25) is 9.59 Å². The second-order valence-corrected chi connectivity index (χ2v) is 6.55. The van der Waals surface area contributed by atoms with Gasteiger partial charge in [0.05, 0.1) is 17.5 Å². The van der Waals surface area contributed by atoms with Gasteiger partial charge >= 0.3 is 0 Å². The first kappa shape index (κ1) is 23.6. The van der Waals surface area contributed by atoms with Gasteiger partial charge in [-0.25, -0.2) is 4.39 Å². The monoisotopic (exact) mass is 407 g/mol. The fourth-order valence-electron chi connectivity index (χ4n) is 2.89. The van der Waals surface area contributed by atoms with E-state index in [1.165, 1.54) is 18.2 Å². The van der Waals surface area contributed by atoms with Crippen LogP contribution in [0.4, 0.5) is 15.8 Å². The van der Waals surface area contributed by atoms with Gasteiger partial charge in [-0.15, -0.1) is 12.4 Å². The summed E-state index contributed by atoms with van der Waals surface area (Å²) in [5, 5.41) is 5.35. The van der Waals surface area contributed by atoms with Crippen molar-refractivity contribution in [2.24, 2.45) is 11.1 Å². The Morgan fingerprint density at radius 3 is 2.25 bits per heavy atom. The minimum absolute atomic E-state index is 0. The van der Waals surface area contributed by atoms with E-state index in [9.17, 15) is 14.0 Å². The number of rotatable bonds is 8. The van der Waals surface area contributed by atoms with Gasteiger partial charge < -0.3 is 16.4 Å². The molecule has 2 aromatic rings. The summed E-state index contributed by atoms with van der Waals surface area (Å²) in [5.74, 6) is -1.10. The van der Waals surface area contributed by atoms with Crippen LogP contribution in [-0.2, 0) is 16.0 Å². The van der Waals surface area contributed by atoms with Gasteiger partial charge in [-0.2, -0.15) is 0 Å². The van der Waals surface area contributed by atoms with Crippen LogP contribution in [-0.4, -0.2) is 18.4 Å². The molecule has 152 valence electrons. The van der Waals surface area contributed by atoms with Gasteiger partial charge in [0.2, 0.25) is 11.8 Å². The molecule has 0 atom stereocenters. The first-order chi connectivity index (χ1) is 12.9. The number of anilines is 2. The largest absolute Gasteiger partial charge is 0.329 e. The highest BCUT2D eigenvalue weighted by molar-refractivity contribution is 5.97. The van der Waals surface area contributed by atoms with Crippen molar-refractivity contribution in [3.63, 3.8) is 0 Å². The van der Waals surface area contributed by atoms with Crippen molar-refractivity contribution in [2.75, 3.05) is 17.2 Å². The maximum absolute atomic E-state index is 14.1. The van der Waals surface area contributed by atoms with Crippen LogP contribution in [0.3, 0.4) is 0 Å². The first-order valence-electron chi connectivity index (χ1n) is 9.09. The molecule has 4 N–H and O–H groups in total. The molecule has 2 rings (SSSR count). The maximum atomic E-state index is 14.1. The molecule has 5 nitrogen and oxygen atoms in total. The Morgan fingerprint density at radius 1 is 1.04 bits per heavy atom. The topological polar surface area (TPSA) is 84.2 Å². The lowest BCUT2D eigenvalue weighted by atomic mass is 9.81. The minimum Gasteiger partial charge on any atom is -0.329 e. The van der Waals surface area contributed by atoms with Crippen molar-refractivity contribution in [1.82, 2.24) is 0 Å². The molecule has 0 fully saturated rings. The molecule has 0 saturated carbocycles. The summed E-state index contributed by atoms with van der Waals surface area (Å²) in [6, 6.07) is 13.3. The van der Waals surface area contributed by atoms with Crippen LogP contribution in [0.2, 0.25) is 0 Å². The predicted molar refractivity (Wildman–Crippen MR) is 113 cm³/mol. The SMILES string of the molecule is CCC(CC)(CN)C(=O)Nc1ccc(F)c(NC(=O)Cc2ccccc2)c1.Cl. The van der Waals surface area contributed by atoms with E-state index in [-0.39, 0.29) is 42.9 Å². The molecule has 0 saturated heterocycles. The summed E-state index contributed by atoms with van der Waals surface area (Å²) < 4.78 is 14.1. The number of amides is 2. The Hall–Kier alpha value is -2.44. The van der Waals surface area contributed by atoms with Crippen molar-refractivity contribution in [2.45, 2.75) is 33.1 Å². The lowest BCUT2D eigenvalue weighted by Crippen LogP contribution is -2.41. The van der Waals surface area contributed by atoms with Gasteiger partial charge in [0.1, 0.15) is 5.82 Å². The summed E-state index contributed by atoms with van der Waals surface area (Å²) in [5.41, 5.74) is 6.41. The van der Waals surface area contributed by atoms with Crippen LogP contribution in [0.5, 0.6) is 0 Å². The number of benzene rings is 2. The molecular formula is C21H27ClFN3O2. The molecule has 0 spiro atoms. The van der Waals surface area contributed by atoms with Crippen molar-refractivity contribution in [3.05, 3.63) is 59.9 Å². The normalized spacial score (nSPS) is 10.7. The number of nitrogens with one attached hydrogen (secondary N) is 2. The lowest BCUT2D eigenvalue weighted by molar-refractivity contribution is -0.125. The number of hydrogen-bond donors (Lipinski definition) is 3. The smallest absolute Gasteiger partial charge is 0.231 e. The van der Waals surface area contributed by atoms with Crippen LogP contribution >= 0.6 is 12.4 Å². The number of carbonyl (C=O) groups excluding carboxylic acids is 2. The van der Waals surface area contributed by atoms with Crippen LogP contribution in [0, 0.1) is 11.2 Å². The fourth-order valence-corrected chi connectivity index (χ4v) is 2.89. The summed E-state index contributed by atoms with van der Waals surface area (Å²) >= 11 is 0. The number of halogens is 2. The highest BCUT2D eigenvalue weighted by Crippen LogP contribution is 2.28. The highest BCUT2D eigenvalue weighted by Gasteiger charge is 2.33. The zero-order valence-electron chi connectivity index (χ0n) is 16.1. The maximum Gasteiger partial charge on any atom is 0.231 e. The third-order valence-corrected chi connectivity index (χ3v) is 4.93. The van der Waals surface area contributed by atoms with Crippen LogP contribution < -0.4 is 16.4 Å². The van der Waals surface area contributed by atoms with E-state index in [4.69, 9.17) is 5.73 Å². The second-order valence-electron chi connectivity index (χ2n) is 6.55. The fraction of sp³-hybridized carbons (Fsp3) is 0.333. The molecule has 0 heterocycles. The quantitative estimate of drug-likeness (QED) is 0.615. The van der Waals surface area contributed by atoms with E-state index in [0.717, 1.165) is 5.56 Å². The zero-order chi connectivity index (χ0) is 19.9. The van der Waals surface area contributed by atoms with Crippen LogP contribution in [0.1, 0.15) is 32.3 Å². The highest BCUT2D eigenvalue weighted by atomic mass is 35.5. The van der Waals surface area contributed by atoms with Crippen LogP contribution in [0.25, 0.3) is 0 Å². The first-order valence-corrected chi connectivity index (χ1v) is 9.09. The standard InChI is InChI=1S/C21H26FN3O2.ClH/c1-3-21(4-2,14-23)20(27)24-16-10-11-17(22)18(13-16)25-19(26)12-15-8-6-5-7-9-15;/h5-11,13H,3-4,12,14,23H2,1-2H3,(H,24,27)(H,25,26);1H. The Kier molecular flexibility index (Phi) is 9.09. The zero-order valence-corrected chi connectivity index (χ0v) is 16.9. The lowest BCUT2D eigenvalue weighted by Gasteiger charge is -2.28. The molecule has 28 heavy (non-hydrogen) atoms. The molecule has 0 radical (unpaired) electrons. The molecule has 0 aliphatic heterocycles. The van der Waals surface area contributed by atoms with E-state index < -0.39 is 11.2 Å². The van der Waals surface area contributed by atoms with Crippen molar-refractivity contribution < 1.29 is 14.0 Å². The van der Waals surface area contributed by atoms with Gasteiger partial charge in [-0.1, -0.05) is 44.2 Å². The van der Waals surface area contributed by atoms with Gasteiger partial charge in [0, 0.05) is 12.2 Å². The van der Waals surface area contributed by atoms with E-state index in [1.807, 2.05) is 44.2 Å². The van der Waals surface area contributed by atoms with Crippen molar-refractivity contribution in [1.29, 1.82) is 0 Å². The number of carbonyl (C=O) groups is 2. The second kappa shape index (κ2) is 10.8. The summed E-state index contributed by atoms with van der Waals surface area (Å²) in [6.07, 6.45) is 1.35. The van der Waals surface area contributed by atoms with Gasteiger partial charge in [0.25, 0.3) is 0 Å². The van der Waals surface area contributed by atoms with Crippen molar-refractivity contribution in [3.8, 4) is 0 Å². The third-order valence-electron chi connectivity index (χ3n) is 4.93. The van der Waals surface area contributed by atoms with E-state index in [1.54, 1.807) is 0 Å². The molecule has 0 aliphatic carbocycles. The minimum atomic E-state index is -0.662. The summed E-state index contributed by atoms with van der Waals surface area (Å²) in [4.78, 5) is 24.8. The Morgan fingerprint density at radius 2 is 1.68 bits per heavy atom. The third kappa shape index (κ3) is 5.78. The van der Waals surface area contributed by atoms with Gasteiger partial charge in [-0.05, 0) is 36.6 Å². The summed E-state index contributed by atoms with van der Waals surface area (Å²) in [6.45, 7) is 4.05. The Balaban J connectivity index is 0.00000392. The average Bonchev–Trinajstić information content (AvgIpc) is 2.67. The molecule has 0 unspecified atom stereocenters. The molecule has 7 heteroatoms. The molecule has 0 bridgehead atoms. The van der Waals surface area contributed by atoms with E-state index in [2.05, 4.69) is 10.6 Å². The molecular weight excluding hydrogens is 381 g/mol. The number of hydrogen-bond acceptors (Lipinski definition) is 3. The van der Waals surface area contributed by atoms with Crippen molar-refractivity contribution >= 4 is 35.6 Å². The Labute approximate surface area is 171 Å². The van der Waals surface area contributed by atoms with E-state index >= 15 is 0 Å². The van der Waals surface area contributed by atoms with Crippen LogP contribution in [0.15, 0.2) is 48.5 Å². The van der Waals surface area contributed by atoms with Gasteiger partial charge in [0.15, 0.2) is 0 Å². The molecule has 0 aliphatic rings. The average molecular weight is 408 g/mol. The number of nitrogens with two attached hydrogens (primary N) is 1. The molecule has 2 aromatic carbocycles.